The van der Waals surface area contributed by atoms with E-state index < -0.39 is 6.23 Å². The zero-order chi connectivity index (χ0) is 23.5. The Bertz CT molecular complexity index is 1290. The van der Waals surface area contributed by atoms with Crippen molar-refractivity contribution in [3.05, 3.63) is 47.0 Å². The third-order valence-corrected chi connectivity index (χ3v) is 6.36. The van der Waals surface area contributed by atoms with Gasteiger partial charge in [0.05, 0.1) is 27.8 Å². The van der Waals surface area contributed by atoms with E-state index in [1.54, 1.807) is 14.1 Å². The van der Waals surface area contributed by atoms with Gasteiger partial charge in [0.2, 0.25) is 11.9 Å². The number of halogens is 1. The highest BCUT2D eigenvalue weighted by molar-refractivity contribution is 7.22. The van der Waals surface area contributed by atoms with Crippen LogP contribution in [-0.2, 0) is 11.3 Å². The van der Waals surface area contributed by atoms with Crippen molar-refractivity contribution >= 4 is 61.2 Å². The molecule has 4 aromatic rings. The number of benzene rings is 2. The fourth-order valence-electron chi connectivity index (χ4n) is 3.37. The van der Waals surface area contributed by atoms with Crippen LogP contribution in [0.2, 0.25) is 5.02 Å². The van der Waals surface area contributed by atoms with Crippen molar-refractivity contribution in [2.24, 2.45) is 0 Å². The van der Waals surface area contributed by atoms with E-state index in [2.05, 4.69) is 25.5 Å². The lowest BCUT2D eigenvalue weighted by molar-refractivity contribution is -0.128. The quantitative estimate of drug-likeness (QED) is 0.269. The molecule has 0 fully saturated rings. The lowest BCUT2D eigenvalue weighted by atomic mass is 10.1. The molecule has 0 aliphatic rings. The van der Waals surface area contributed by atoms with Crippen LogP contribution in [0.1, 0.15) is 11.8 Å². The number of nitrogens with zero attached hydrogens (tertiary/aromatic N) is 4. The number of rotatable bonds is 9. The molecule has 1 atom stereocenters. The summed E-state index contributed by atoms with van der Waals surface area (Å²) >= 11 is 7.61. The third kappa shape index (κ3) is 5.26. The van der Waals surface area contributed by atoms with Crippen LogP contribution in [0.25, 0.3) is 21.3 Å². The zero-order valence-corrected chi connectivity index (χ0v) is 20.2. The molecule has 4 N–H and O–H groups in total. The molecule has 4 rings (SSSR count). The summed E-state index contributed by atoms with van der Waals surface area (Å²) in [5.74, 6) is 0.544. The monoisotopic (exact) mass is 487 g/mol. The minimum absolute atomic E-state index is 0.0389. The summed E-state index contributed by atoms with van der Waals surface area (Å²) in [6, 6.07) is 11.2. The van der Waals surface area contributed by atoms with E-state index in [0.29, 0.717) is 23.1 Å². The smallest absolute Gasteiger partial charge is 0.236 e. The number of hydrogen-bond donors (Lipinski definition) is 4. The molecule has 2 heterocycles. The van der Waals surface area contributed by atoms with Gasteiger partial charge in [-0.15, -0.1) is 0 Å². The van der Waals surface area contributed by atoms with E-state index in [4.69, 9.17) is 16.6 Å². The molecule has 0 radical (unpaired) electrons. The Labute approximate surface area is 200 Å². The summed E-state index contributed by atoms with van der Waals surface area (Å²) < 4.78 is 3.07. The van der Waals surface area contributed by atoms with Gasteiger partial charge < -0.3 is 25.2 Å². The molecule has 2 aromatic carbocycles. The molecule has 9 nitrogen and oxygen atoms in total. The number of thiazole rings is 1. The first-order chi connectivity index (χ1) is 15.9. The minimum Gasteiger partial charge on any atom is -0.374 e. The summed E-state index contributed by atoms with van der Waals surface area (Å²) in [7, 11) is 5.25. The SMILES string of the molecule is CNCCn1c(Nc2nc3ccc(Cl)cc3s2)nc2cc(C(O)NCC(=O)N(C)C)ccc21. The van der Waals surface area contributed by atoms with Crippen LogP contribution in [0.4, 0.5) is 11.1 Å². The second kappa shape index (κ2) is 10.0. The van der Waals surface area contributed by atoms with Gasteiger partial charge in [0, 0.05) is 32.2 Å². The standard InChI is InChI=1S/C22H26ClN7O2S/c1-24-8-9-30-17-7-4-13(20(32)25-12-19(31)29(2)3)10-16(17)26-21(30)28-22-27-15-6-5-14(23)11-18(15)33-22/h4-7,10-11,20,24-25,32H,8-9,12H2,1-3H3,(H,26,27,28). The van der Waals surface area contributed by atoms with Gasteiger partial charge in [0.1, 0.15) is 6.23 Å². The number of aliphatic hydroxyl groups excluding tert-OH is 1. The Hall–Kier alpha value is -2.76. The molecule has 0 saturated heterocycles. The van der Waals surface area contributed by atoms with Crippen molar-refractivity contribution < 1.29 is 9.90 Å². The number of likely N-dealkylation sites (N-methyl/N-ethyl adjacent to an activating group) is 2. The lowest BCUT2D eigenvalue weighted by Gasteiger charge is -2.15. The molecule has 0 bridgehead atoms. The summed E-state index contributed by atoms with van der Waals surface area (Å²) in [6.07, 6.45) is -0.980. The van der Waals surface area contributed by atoms with Crippen molar-refractivity contribution in [2.75, 3.05) is 39.5 Å². The van der Waals surface area contributed by atoms with Crippen LogP contribution in [0, 0.1) is 0 Å². The van der Waals surface area contributed by atoms with Crippen molar-refractivity contribution in [3.8, 4) is 0 Å². The van der Waals surface area contributed by atoms with E-state index in [0.717, 1.165) is 32.9 Å². The number of fused-ring (bicyclic) bond motifs is 2. The van der Waals surface area contributed by atoms with Gasteiger partial charge in [-0.1, -0.05) is 29.0 Å². The maximum Gasteiger partial charge on any atom is 0.236 e. The fraction of sp³-hybridized carbons (Fsp3) is 0.318. The molecule has 2 aromatic heterocycles. The predicted octanol–water partition coefficient (Wildman–Crippen LogP) is 2.93. The first-order valence-electron chi connectivity index (χ1n) is 10.4. The molecule has 174 valence electrons. The minimum atomic E-state index is -0.980. The summed E-state index contributed by atoms with van der Waals surface area (Å²) in [5.41, 5.74) is 3.16. The van der Waals surface area contributed by atoms with Gasteiger partial charge in [-0.2, -0.15) is 0 Å². The highest BCUT2D eigenvalue weighted by Crippen LogP contribution is 2.31. The summed E-state index contributed by atoms with van der Waals surface area (Å²) in [5, 5.41) is 21.2. The first-order valence-corrected chi connectivity index (χ1v) is 11.6. The summed E-state index contributed by atoms with van der Waals surface area (Å²) in [6.45, 7) is 1.49. The van der Waals surface area contributed by atoms with Crippen molar-refractivity contribution in [1.82, 2.24) is 30.1 Å². The Morgan fingerprint density at radius 2 is 2.03 bits per heavy atom. The largest absolute Gasteiger partial charge is 0.374 e. The number of aromatic nitrogens is 3. The average molecular weight is 488 g/mol. The van der Waals surface area contributed by atoms with Gasteiger partial charge in [0.25, 0.3) is 0 Å². The number of aliphatic hydroxyl groups is 1. The van der Waals surface area contributed by atoms with Crippen molar-refractivity contribution in [1.29, 1.82) is 0 Å². The number of anilines is 2. The number of imidazole rings is 1. The van der Waals surface area contributed by atoms with Gasteiger partial charge in [-0.05, 0) is 42.9 Å². The van der Waals surface area contributed by atoms with Crippen LogP contribution < -0.4 is 16.0 Å². The summed E-state index contributed by atoms with van der Waals surface area (Å²) in [4.78, 5) is 22.7. The fourth-order valence-corrected chi connectivity index (χ4v) is 4.51. The van der Waals surface area contributed by atoms with Crippen LogP contribution >= 0.6 is 22.9 Å². The Morgan fingerprint density at radius 1 is 1.21 bits per heavy atom. The van der Waals surface area contributed by atoms with Crippen LogP contribution in [0.5, 0.6) is 0 Å². The van der Waals surface area contributed by atoms with Gasteiger partial charge in [-0.25, -0.2) is 9.97 Å². The van der Waals surface area contributed by atoms with E-state index in [1.165, 1.54) is 16.2 Å². The molecule has 0 spiro atoms. The van der Waals surface area contributed by atoms with Crippen LogP contribution in [0.15, 0.2) is 36.4 Å². The maximum absolute atomic E-state index is 11.8. The number of hydrogen-bond acceptors (Lipinski definition) is 8. The molecule has 11 heteroatoms. The Balaban J connectivity index is 1.62. The first kappa shape index (κ1) is 23.4. The van der Waals surface area contributed by atoms with E-state index in [9.17, 15) is 9.90 Å². The van der Waals surface area contributed by atoms with Gasteiger partial charge in [0.15, 0.2) is 5.13 Å². The molecule has 0 saturated carbocycles. The second-order valence-electron chi connectivity index (χ2n) is 7.77. The van der Waals surface area contributed by atoms with Crippen molar-refractivity contribution in [3.63, 3.8) is 0 Å². The molecule has 1 amide bonds. The maximum atomic E-state index is 11.8. The lowest BCUT2D eigenvalue weighted by Crippen LogP contribution is -2.34. The predicted molar refractivity (Wildman–Crippen MR) is 133 cm³/mol. The Morgan fingerprint density at radius 3 is 2.79 bits per heavy atom. The molecular formula is C22H26ClN7O2S. The van der Waals surface area contributed by atoms with Crippen LogP contribution in [-0.4, -0.2) is 64.7 Å². The third-order valence-electron chi connectivity index (χ3n) is 5.19. The van der Waals surface area contributed by atoms with E-state index in [-0.39, 0.29) is 12.5 Å². The molecular weight excluding hydrogens is 462 g/mol. The highest BCUT2D eigenvalue weighted by atomic mass is 35.5. The van der Waals surface area contributed by atoms with E-state index in [1.807, 2.05) is 43.4 Å². The van der Waals surface area contributed by atoms with E-state index >= 15 is 0 Å². The van der Waals surface area contributed by atoms with Crippen molar-refractivity contribution in [2.45, 2.75) is 12.8 Å². The second-order valence-corrected chi connectivity index (χ2v) is 9.23. The molecule has 1 unspecified atom stereocenters. The van der Waals surface area contributed by atoms with Gasteiger partial charge in [-0.3, -0.25) is 10.1 Å². The molecule has 0 aliphatic carbocycles. The average Bonchev–Trinajstić information content (AvgIpc) is 3.34. The molecule has 0 aliphatic heterocycles. The Kier molecular flexibility index (Phi) is 7.11. The van der Waals surface area contributed by atoms with Crippen LogP contribution in [0.3, 0.4) is 0 Å². The highest BCUT2D eigenvalue weighted by Gasteiger charge is 2.16. The zero-order valence-electron chi connectivity index (χ0n) is 18.6. The topological polar surface area (TPSA) is 107 Å². The normalized spacial score (nSPS) is 12.4. The van der Waals surface area contributed by atoms with Gasteiger partial charge >= 0.3 is 0 Å². The molecule has 33 heavy (non-hydrogen) atoms. The number of nitrogens with one attached hydrogen (secondary N) is 3. The number of amides is 1. The number of carbonyl (C=O) groups is 1. The number of carbonyl (C=O) groups excluding carboxylic acids is 1.